The van der Waals surface area contributed by atoms with E-state index in [-0.39, 0.29) is 0 Å². The van der Waals surface area contributed by atoms with Gasteiger partial charge in [0, 0.05) is 24.7 Å². The van der Waals surface area contributed by atoms with Crippen LogP contribution in [-0.4, -0.2) is 25.0 Å². The van der Waals surface area contributed by atoms with Crippen LogP contribution in [0.15, 0.2) is 24.4 Å². The molecule has 0 saturated heterocycles. The number of hydrogen-bond acceptors (Lipinski definition) is 2. The van der Waals surface area contributed by atoms with Crippen LogP contribution in [0.1, 0.15) is 56.2 Å². The van der Waals surface area contributed by atoms with Crippen LogP contribution in [0, 0.1) is 0 Å². The number of benzene rings is 1. The molecule has 0 spiro atoms. The number of hydrogen-bond donors (Lipinski definition) is 1. The Morgan fingerprint density at radius 1 is 1.25 bits per heavy atom. The van der Waals surface area contributed by atoms with E-state index in [1.807, 2.05) is 13.8 Å². The molecule has 1 N–H and O–H groups in total. The molecule has 1 aromatic rings. The highest BCUT2D eigenvalue weighted by Gasteiger charge is 2.34. The van der Waals surface area contributed by atoms with Crippen LogP contribution in [0.4, 0.5) is 0 Å². The Morgan fingerprint density at radius 3 is 2.65 bits per heavy atom. The highest BCUT2D eigenvalue weighted by atomic mass is 15.1. The normalized spacial score (nSPS) is 23.2. The maximum absolute atomic E-state index is 3.41. The lowest BCUT2D eigenvalue weighted by molar-refractivity contribution is 0.246. The summed E-state index contributed by atoms with van der Waals surface area (Å²) in [5.41, 5.74) is 6.07. The van der Waals surface area contributed by atoms with Gasteiger partial charge in [0.25, 0.3) is 0 Å². The SMILES string of the molecule is CC.CCC1c2cccc3c2C(=CNC3)CC1N(C)C. The largest absolute Gasteiger partial charge is 0.387 e. The van der Waals surface area contributed by atoms with Crippen molar-refractivity contribution in [1.82, 2.24) is 10.2 Å². The molecule has 0 fully saturated rings. The number of likely N-dealkylation sites (N-methyl/N-ethyl adjacent to an activating group) is 1. The van der Waals surface area contributed by atoms with Crippen molar-refractivity contribution in [3.8, 4) is 0 Å². The Kier molecular flexibility index (Phi) is 4.87. The van der Waals surface area contributed by atoms with E-state index in [0.717, 1.165) is 6.54 Å². The van der Waals surface area contributed by atoms with Crippen LogP contribution in [0.3, 0.4) is 0 Å². The van der Waals surface area contributed by atoms with Crippen LogP contribution >= 0.6 is 0 Å². The number of nitrogens with one attached hydrogen (secondary N) is 1. The minimum atomic E-state index is 0.629. The van der Waals surface area contributed by atoms with Gasteiger partial charge in [-0.05, 0) is 49.2 Å². The molecule has 110 valence electrons. The molecule has 0 aromatic heterocycles. The van der Waals surface area contributed by atoms with E-state index in [2.05, 4.69) is 55.6 Å². The molecule has 1 heterocycles. The van der Waals surface area contributed by atoms with Crippen LogP contribution in [0.5, 0.6) is 0 Å². The van der Waals surface area contributed by atoms with Gasteiger partial charge in [0.15, 0.2) is 0 Å². The first-order chi connectivity index (χ1) is 9.72. The summed E-state index contributed by atoms with van der Waals surface area (Å²) >= 11 is 0. The molecule has 20 heavy (non-hydrogen) atoms. The van der Waals surface area contributed by atoms with Crippen molar-refractivity contribution in [3.05, 3.63) is 41.1 Å². The van der Waals surface area contributed by atoms with Gasteiger partial charge in [-0.2, -0.15) is 0 Å². The average molecular weight is 272 g/mol. The van der Waals surface area contributed by atoms with E-state index in [1.54, 1.807) is 11.1 Å². The van der Waals surface area contributed by atoms with E-state index in [1.165, 1.54) is 24.0 Å². The summed E-state index contributed by atoms with van der Waals surface area (Å²) in [4.78, 5) is 2.39. The fourth-order valence-corrected chi connectivity index (χ4v) is 3.59. The fourth-order valence-electron chi connectivity index (χ4n) is 3.59. The second kappa shape index (κ2) is 6.45. The van der Waals surface area contributed by atoms with Crippen molar-refractivity contribution in [1.29, 1.82) is 0 Å². The van der Waals surface area contributed by atoms with Gasteiger partial charge in [0.2, 0.25) is 0 Å². The van der Waals surface area contributed by atoms with E-state index in [4.69, 9.17) is 0 Å². The van der Waals surface area contributed by atoms with E-state index in [9.17, 15) is 0 Å². The molecule has 0 bridgehead atoms. The van der Waals surface area contributed by atoms with Crippen LogP contribution in [0.2, 0.25) is 0 Å². The van der Waals surface area contributed by atoms with Gasteiger partial charge >= 0.3 is 0 Å². The molecular formula is C18H28N2. The Labute approximate surface area is 123 Å². The lowest BCUT2D eigenvalue weighted by atomic mass is 9.73. The van der Waals surface area contributed by atoms with Crippen molar-refractivity contribution >= 4 is 5.57 Å². The first-order valence-corrected chi connectivity index (χ1v) is 7.93. The maximum Gasteiger partial charge on any atom is 0.0401 e. The Hall–Kier alpha value is -1.28. The highest BCUT2D eigenvalue weighted by Crippen LogP contribution is 2.43. The summed E-state index contributed by atoms with van der Waals surface area (Å²) in [5.74, 6) is 0.671. The standard InChI is InChI=1S/C16H22N2.C2H6/c1-4-13-14-7-5-6-11-9-17-10-12(16(11)14)8-15(13)18(2)3;1-2/h5-7,10,13,15,17H,4,8-9H2,1-3H3;1-2H3. The van der Waals surface area contributed by atoms with E-state index < -0.39 is 0 Å². The molecule has 1 aliphatic heterocycles. The van der Waals surface area contributed by atoms with Gasteiger partial charge in [0.1, 0.15) is 0 Å². The number of nitrogens with zero attached hydrogens (tertiary/aromatic N) is 1. The molecular weight excluding hydrogens is 244 g/mol. The fraction of sp³-hybridized carbons (Fsp3) is 0.556. The summed E-state index contributed by atoms with van der Waals surface area (Å²) in [6.07, 6.45) is 4.62. The summed E-state index contributed by atoms with van der Waals surface area (Å²) in [6, 6.07) is 7.45. The van der Waals surface area contributed by atoms with Crippen molar-refractivity contribution in [3.63, 3.8) is 0 Å². The summed E-state index contributed by atoms with van der Waals surface area (Å²) in [5, 5.41) is 3.41. The zero-order chi connectivity index (χ0) is 14.7. The van der Waals surface area contributed by atoms with Gasteiger partial charge in [-0.3, -0.25) is 0 Å². The Balaban J connectivity index is 0.000000704. The maximum atomic E-state index is 3.41. The molecule has 0 saturated carbocycles. The molecule has 2 atom stereocenters. The molecule has 1 aromatic carbocycles. The monoisotopic (exact) mass is 272 g/mol. The van der Waals surface area contributed by atoms with Gasteiger partial charge in [-0.25, -0.2) is 0 Å². The molecule has 2 nitrogen and oxygen atoms in total. The zero-order valence-corrected chi connectivity index (χ0v) is 13.5. The van der Waals surface area contributed by atoms with Crippen molar-refractivity contribution in [2.45, 2.75) is 52.1 Å². The predicted octanol–water partition coefficient (Wildman–Crippen LogP) is 3.98. The third kappa shape index (κ3) is 2.49. The molecule has 1 aliphatic carbocycles. The second-order valence-electron chi connectivity index (χ2n) is 5.68. The van der Waals surface area contributed by atoms with Crippen LogP contribution in [0.25, 0.3) is 5.57 Å². The summed E-state index contributed by atoms with van der Waals surface area (Å²) in [7, 11) is 4.41. The highest BCUT2D eigenvalue weighted by molar-refractivity contribution is 5.75. The quantitative estimate of drug-likeness (QED) is 0.876. The second-order valence-corrected chi connectivity index (χ2v) is 5.68. The van der Waals surface area contributed by atoms with Crippen molar-refractivity contribution in [2.75, 3.05) is 14.1 Å². The third-order valence-electron chi connectivity index (χ3n) is 4.47. The molecule has 0 amide bonds. The first-order valence-electron chi connectivity index (χ1n) is 7.93. The van der Waals surface area contributed by atoms with Crippen molar-refractivity contribution < 1.29 is 0 Å². The summed E-state index contributed by atoms with van der Waals surface area (Å²) < 4.78 is 0. The molecule has 0 radical (unpaired) electrons. The smallest absolute Gasteiger partial charge is 0.0401 e. The minimum Gasteiger partial charge on any atom is -0.387 e. The molecule has 2 aliphatic rings. The average Bonchev–Trinajstić information content (AvgIpc) is 2.49. The topological polar surface area (TPSA) is 15.3 Å². The predicted molar refractivity (Wildman–Crippen MR) is 87.7 cm³/mol. The zero-order valence-electron chi connectivity index (χ0n) is 13.5. The molecule has 2 unspecified atom stereocenters. The third-order valence-corrected chi connectivity index (χ3v) is 4.47. The molecule has 3 rings (SSSR count). The van der Waals surface area contributed by atoms with Gasteiger partial charge in [-0.15, -0.1) is 0 Å². The van der Waals surface area contributed by atoms with E-state index >= 15 is 0 Å². The van der Waals surface area contributed by atoms with Crippen LogP contribution in [-0.2, 0) is 6.54 Å². The molecule has 2 heteroatoms. The summed E-state index contributed by atoms with van der Waals surface area (Å²) in [6.45, 7) is 7.30. The van der Waals surface area contributed by atoms with Gasteiger partial charge < -0.3 is 10.2 Å². The van der Waals surface area contributed by atoms with E-state index in [0.29, 0.717) is 12.0 Å². The van der Waals surface area contributed by atoms with Gasteiger partial charge in [-0.1, -0.05) is 39.0 Å². The first kappa shape index (κ1) is 15.1. The number of rotatable bonds is 2. The van der Waals surface area contributed by atoms with Gasteiger partial charge in [0.05, 0.1) is 0 Å². The lowest BCUT2D eigenvalue weighted by Crippen LogP contribution is -2.38. The Morgan fingerprint density at radius 2 is 2.00 bits per heavy atom. The lowest BCUT2D eigenvalue weighted by Gasteiger charge is -2.40. The van der Waals surface area contributed by atoms with Crippen molar-refractivity contribution in [2.24, 2.45) is 0 Å². The van der Waals surface area contributed by atoms with Crippen LogP contribution < -0.4 is 5.32 Å². The Bertz CT molecular complexity index is 488. The minimum absolute atomic E-state index is 0.629.